The quantitative estimate of drug-likeness (QED) is 0.871. The third-order valence-corrected chi connectivity index (χ3v) is 3.66. The number of aryl methyl sites for hydroxylation is 1. The molecule has 0 aromatic heterocycles. The van der Waals surface area contributed by atoms with Crippen molar-refractivity contribution in [2.75, 3.05) is 11.9 Å². The fraction of sp³-hybridized carbons (Fsp3) is 0.188. The number of amides is 1. The first-order valence-corrected chi connectivity index (χ1v) is 7.37. The standard InChI is InChI=1S/C16H17BrN2O2/c1-11-5-2-3-8-14(11)19-15(20)10-21-16-12(9-18)6-4-7-13(16)17/h2-8H,9-10,18H2,1H3,(H,19,20). The summed E-state index contributed by atoms with van der Waals surface area (Å²) < 4.78 is 6.38. The lowest BCUT2D eigenvalue weighted by Crippen LogP contribution is -2.21. The highest BCUT2D eigenvalue weighted by Gasteiger charge is 2.10. The largest absolute Gasteiger partial charge is 0.482 e. The molecule has 5 heteroatoms. The van der Waals surface area contributed by atoms with Crippen molar-refractivity contribution < 1.29 is 9.53 Å². The SMILES string of the molecule is Cc1ccccc1NC(=O)COc1c(Br)cccc1CN. The molecule has 0 unspecified atom stereocenters. The zero-order valence-electron chi connectivity index (χ0n) is 11.7. The van der Waals surface area contributed by atoms with E-state index in [1.165, 1.54) is 0 Å². The normalized spacial score (nSPS) is 10.2. The van der Waals surface area contributed by atoms with Crippen LogP contribution in [0.5, 0.6) is 5.75 Å². The van der Waals surface area contributed by atoms with Crippen LogP contribution in [0.15, 0.2) is 46.9 Å². The van der Waals surface area contributed by atoms with E-state index in [0.29, 0.717) is 12.3 Å². The van der Waals surface area contributed by atoms with Crippen molar-refractivity contribution in [1.29, 1.82) is 0 Å². The Morgan fingerprint density at radius 3 is 2.71 bits per heavy atom. The second-order valence-corrected chi connectivity index (χ2v) is 5.44. The summed E-state index contributed by atoms with van der Waals surface area (Å²) in [5.74, 6) is 0.406. The number of nitrogens with two attached hydrogens (primary N) is 1. The zero-order valence-corrected chi connectivity index (χ0v) is 13.3. The molecule has 3 N–H and O–H groups in total. The number of nitrogens with one attached hydrogen (secondary N) is 1. The number of hydrogen-bond donors (Lipinski definition) is 2. The van der Waals surface area contributed by atoms with Crippen LogP contribution in [0.25, 0.3) is 0 Å². The number of benzene rings is 2. The Hall–Kier alpha value is -1.85. The van der Waals surface area contributed by atoms with E-state index in [1.807, 2.05) is 49.4 Å². The van der Waals surface area contributed by atoms with Gasteiger partial charge in [-0.15, -0.1) is 0 Å². The molecular weight excluding hydrogens is 332 g/mol. The maximum Gasteiger partial charge on any atom is 0.262 e. The highest BCUT2D eigenvalue weighted by atomic mass is 79.9. The monoisotopic (exact) mass is 348 g/mol. The van der Waals surface area contributed by atoms with Crippen LogP contribution in [-0.4, -0.2) is 12.5 Å². The summed E-state index contributed by atoms with van der Waals surface area (Å²) in [7, 11) is 0. The second-order valence-electron chi connectivity index (χ2n) is 4.58. The van der Waals surface area contributed by atoms with E-state index in [0.717, 1.165) is 21.3 Å². The molecule has 0 bridgehead atoms. The van der Waals surface area contributed by atoms with Crippen LogP contribution in [0.4, 0.5) is 5.69 Å². The molecule has 2 rings (SSSR count). The lowest BCUT2D eigenvalue weighted by Gasteiger charge is -2.13. The molecule has 0 heterocycles. The van der Waals surface area contributed by atoms with E-state index in [-0.39, 0.29) is 12.5 Å². The fourth-order valence-corrected chi connectivity index (χ4v) is 2.43. The Balaban J connectivity index is 2.01. The van der Waals surface area contributed by atoms with Crippen LogP contribution in [0.1, 0.15) is 11.1 Å². The maximum atomic E-state index is 12.0. The van der Waals surface area contributed by atoms with E-state index in [9.17, 15) is 4.79 Å². The van der Waals surface area contributed by atoms with Crippen LogP contribution >= 0.6 is 15.9 Å². The number of halogens is 1. The van der Waals surface area contributed by atoms with Gasteiger partial charge in [0.2, 0.25) is 0 Å². The Labute approximate surface area is 132 Å². The Bertz CT molecular complexity index is 644. The molecular formula is C16H17BrN2O2. The first kappa shape index (κ1) is 15.5. The molecule has 0 aliphatic heterocycles. The molecule has 0 aliphatic rings. The van der Waals surface area contributed by atoms with Gasteiger partial charge in [0, 0.05) is 17.8 Å². The summed E-state index contributed by atoms with van der Waals surface area (Å²) in [6.45, 7) is 2.23. The molecule has 0 aliphatic carbocycles. The van der Waals surface area contributed by atoms with Crippen LogP contribution < -0.4 is 15.8 Å². The van der Waals surface area contributed by atoms with Gasteiger partial charge in [-0.2, -0.15) is 0 Å². The van der Waals surface area contributed by atoms with Crippen molar-refractivity contribution in [3.63, 3.8) is 0 Å². The van der Waals surface area contributed by atoms with Gasteiger partial charge in [-0.3, -0.25) is 4.79 Å². The molecule has 0 saturated heterocycles. The zero-order chi connectivity index (χ0) is 15.2. The number of ether oxygens (including phenoxy) is 1. The van der Waals surface area contributed by atoms with E-state index >= 15 is 0 Å². The molecule has 4 nitrogen and oxygen atoms in total. The molecule has 0 atom stereocenters. The minimum atomic E-state index is -0.206. The van der Waals surface area contributed by atoms with Crippen molar-refractivity contribution in [3.05, 3.63) is 58.1 Å². The van der Waals surface area contributed by atoms with Crippen molar-refractivity contribution in [3.8, 4) is 5.75 Å². The highest BCUT2D eigenvalue weighted by Crippen LogP contribution is 2.28. The predicted molar refractivity (Wildman–Crippen MR) is 87.3 cm³/mol. The predicted octanol–water partition coefficient (Wildman–Crippen LogP) is 3.23. The van der Waals surface area contributed by atoms with Crippen molar-refractivity contribution in [2.24, 2.45) is 5.73 Å². The van der Waals surface area contributed by atoms with E-state index in [4.69, 9.17) is 10.5 Å². The van der Waals surface area contributed by atoms with Gasteiger partial charge >= 0.3 is 0 Å². The van der Waals surface area contributed by atoms with Crippen molar-refractivity contribution >= 4 is 27.5 Å². The minimum Gasteiger partial charge on any atom is -0.482 e. The molecule has 1 amide bonds. The number of rotatable bonds is 5. The molecule has 0 saturated carbocycles. The molecule has 0 radical (unpaired) electrons. The van der Waals surface area contributed by atoms with Crippen LogP contribution in [0.3, 0.4) is 0 Å². The smallest absolute Gasteiger partial charge is 0.262 e. The van der Waals surface area contributed by atoms with Gasteiger partial charge in [0.15, 0.2) is 6.61 Å². The summed E-state index contributed by atoms with van der Waals surface area (Å²) >= 11 is 3.40. The number of hydrogen-bond acceptors (Lipinski definition) is 3. The van der Waals surface area contributed by atoms with E-state index in [1.54, 1.807) is 0 Å². The maximum absolute atomic E-state index is 12.0. The van der Waals surface area contributed by atoms with Crippen LogP contribution in [0.2, 0.25) is 0 Å². The summed E-state index contributed by atoms with van der Waals surface area (Å²) in [6.07, 6.45) is 0. The van der Waals surface area contributed by atoms with Crippen LogP contribution in [0, 0.1) is 6.92 Å². The number of carbonyl (C=O) groups is 1. The average molecular weight is 349 g/mol. The van der Waals surface area contributed by atoms with Gasteiger partial charge in [0.05, 0.1) is 4.47 Å². The third kappa shape index (κ3) is 4.06. The van der Waals surface area contributed by atoms with Gasteiger partial charge in [-0.05, 0) is 40.5 Å². The second kappa shape index (κ2) is 7.24. The molecule has 2 aromatic carbocycles. The lowest BCUT2D eigenvalue weighted by atomic mass is 10.2. The lowest BCUT2D eigenvalue weighted by molar-refractivity contribution is -0.118. The van der Waals surface area contributed by atoms with E-state index < -0.39 is 0 Å². The molecule has 2 aromatic rings. The van der Waals surface area contributed by atoms with Gasteiger partial charge < -0.3 is 15.8 Å². The van der Waals surface area contributed by atoms with Crippen molar-refractivity contribution in [2.45, 2.75) is 13.5 Å². The Morgan fingerprint density at radius 2 is 2.00 bits per heavy atom. The molecule has 0 spiro atoms. The van der Waals surface area contributed by atoms with Gasteiger partial charge in [0.1, 0.15) is 5.75 Å². The van der Waals surface area contributed by atoms with Gasteiger partial charge in [-0.1, -0.05) is 30.3 Å². The summed E-state index contributed by atoms with van der Waals surface area (Å²) in [6, 6.07) is 13.2. The van der Waals surface area contributed by atoms with Gasteiger partial charge in [0.25, 0.3) is 5.91 Å². The summed E-state index contributed by atoms with van der Waals surface area (Å²) in [4.78, 5) is 12.0. The number of anilines is 1. The number of carbonyl (C=O) groups excluding carboxylic acids is 1. The minimum absolute atomic E-state index is 0.0655. The van der Waals surface area contributed by atoms with Gasteiger partial charge in [-0.25, -0.2) is 0 Å². The van der Waals surface area contributed by atoms with Crippen molar-refractivity contribution in [1.82, 2.24) is 0 Å². The first-order chi connectivity index (χ1) is 10.1. The number of para-hydroxylation sites is 2. The first-order valence-electron chi connectivity index (χ1n) is 6.57. The van der Waals surface area contributed by atoms with E-state index in [2.05, 4.69) is 21.2 Å². The molecule has 110 valence electrons. The summed E-state index contributed by atoms with van der Waals surface area (Å²) in [5.41, 5.74) is 8.32. The highest BCUT2D eigenvalue weighted by molar-refractivity contribution is 9.10. The molecule has 0 fully saturated rings. The summed E-state index contributed by atoms with van der Waals surface area (Å²) in [5, 5.41) is 2.83. The fourth-order valence-electron chi connectivity index (χ4n) is 1.91. The topological polar surface area (TPSA) is 64.3 Å². The van der Waals surface area contributed by atoms with Crippen LogP contribution in [-0.2, 0) is 11.3 Å². The molecule has 21 heavy (non-hydrogen) atoms. The average Bonchev–Trinajstić information content (AvgIpc) is 2.48. The Kier molecular flexibility index (Phi) is 5.36. The Morgan fingerprint density at radius 1 is 1.24 bits per heavy atom. The third-order valence-electron chi connectivity index (χ3n) is 3.04.